The van der Waals surface area contributed by atoms with Crippen LogP contribution in [0.25, 0.3) is 6.08 Å². The van der Waals surface area contributed by atoms with Gasteiger partial charge in [-0.25, -0.2) is 22.9 Å². The Bertz CT molecular complexity index is 1280. The maximum Gasteiger partial charge on any atom is 0.238 e. The van der Waals surface area contributed by atoms with Crippen LogP contribution < -0.4 is 15.8 Å². The van der Waals surface area contributed by atoms with E-state index in [0.717, 1.165) is 28.1 Å². The predicted octanol–water partition coefficient (Wildman–Crippen LogP) is 3.49. The normalized spacial score (nSPS) is 15.0. The van der Waals surface area contributed by atoms with E-state index in [2.05, 4.69) is 25.6 Å². The summed E-state index contributed by atoms with van der Waals surface area (Å²) in [5, 5.41) is 11.7. The number of benzene rings is 1. The number of sulfonamides is 1. The lowest BCUT2D eigenvalue weighted by Crippen LogP contribution is -2.12. The molecule has 3 aromatic rings. The summed E-state index contributed by atoms with van der Waals surface area (Å²) in [4.78, 5) is 12.1. The summed E-state index contributed by atoms with van der Waals surface area (Å²) in [7, 11) is -3.85. The van der Waals surface area contributed by atoms with E-state index in [1.54, 1.807) is 18.5 Å². The summed E-state index contributed by atoms with van der Waals surface area (Å²) >= 11 is 1.52. The molecule has 1 aliphatic rings. The van der Waals surface area contributed by atoms with Crippen LogP contribution in [0.2, 0.25) is 0 Å². The molecule has 11 heteroatoms. The number of hydrogen-bond acceptors (Lipinski definition) is 8. The molecular weight excluding hydrogens is 439 g/mol. The molecule has 0 fully saturated rings. The Hall–Kier alpha value is -3.28. The second-order valence-corrected chi connectivity index (χ2v) is 9.09. The number of primary sulfonamides is 1. The number of rotatable bonds is 6. The van der Waals surface area contributed by atoms with Crippen molar-refractivity contribution in [3.63, 3.8) is 0 Å². The summed E-state index contributed by atoms with van der Waals surface area (Å²) in [5.74, 6) is 0.219. The Balaban J connectivity index is 1.51. The molecule has 158 valence electrons. The van der Waals surface area contributed by atoms with Crippen molar-refractivity contribution in [1.29, 1.82) is 0 Å². The van der Waals surface area contributed by atoms with Crippen molar-refractivity contribution in [3.8, 4) is 0 Å². The number of halogens is 1. The van der Waals surface area contributed by atoms with Gasteiger partial charge in [0.05, 0.1) is 16.1 Å². The standard InChI is InChI=1S/C20H17FN6O2S2/c21-17-11-24-20(25-15-4-1-5-16(9-15)31(22,28)29)27-19(17)26-18-8-14(12-30-18)7-13-3-2-6-23-10-13/h1-11H,12H2,(H2,22,28,29)(H2,24,25,26,27)/b14-7-. The van der Waals surface area contributed by atoms with Crippen molar-refractivity contribution < 1.29 is 12.8 Å². The fourth-order valence-corrected chi connectivity index (χ4v) is 4.21. The molecule has 0 spiro atoms. The van der Waals surface area contributed by atoms with Gasteiger partial charge in [-0.3, -0.25) is 4.98 Å². The number of nitrogens with zero attached hydrogens (tertiary/aromatic N) is 3. The molecule has 4 rings (SSSR count). The molecular formula is C20H17FN6O2S2. The maximum absolute atomic E-state index is 14.3. The van der Waals surface area contributed by atoms with Crippen LogP contribution in [0.3, 0.4) is 0 Å². The third kappa shape index (κ3) is 5.45. The van der Waals surface area contributed by atoms with E-state index in [9.17, 15) is 12.8 Å². The number of nitrogens with one attached hydrogen (secondary N) is 2. The van der Waals surface area contributed by atoms with E-state index in [1.807, 2.05) is 24.3 Å². The SMILES string of the molecule is NS(=O)(=O)c1cccc(Nc2ncc(F)c(NC3=C/C(=C/c4cccnc4)CS3)n2)c1. The molecule has 1 aliphatic heterocycles. The molecule has 0 saturated carbocycles. The molecule has 4 N–H and O–H groups in total. The van der Waals surface area contributed by atoms with Gasteiger partial charge < -0.3 is 10.6 Å². The van der Waals surface area contributed by atoms with Crippen LogP contribution >= 0.6 is 11.8 Å². The van der Waals surface area contributed by atoms with Crippen molar-refractivity contribution in [3.05, 3.63) is 83.0 Å². The molecule has 1 aromatic carbocycles. The number of hydrogen-bond donors (Lipinski definition) is 3. The minimum atomic E-state index is -3.85. The number of aromatic nitrogens is 3. The highest BCUT2D eigenvalue weighted by atomic mass is 32.2. The Morgan fingerprint density at radius 2 is 2.03 bits per heavy atom. The summed E-state index contributed by atoms with van der Waals surface area (Å²) in [6.45, 7) is 0. The summed E-state index contributed by atoms with van der Waals surface area (Å²) in [5.41, 5.74) is 2.45. The zero-order chi connectivity index (χ0) is 21.8. The Morgan fingerprint density at radius 3 is 2.81 bits per heavy atom. The number of anilines is 3. The first kappa shape index (κ1) is 21.0. The molecule has 3 heterocycles. The minimum Gasteiger partial charge on any atom is -0.332 e. The van der Waals surface area contributed by atoms with E-state index in [4.69, 9.17) is 5.14 Å². The van der Waals surface area contributed by atoms with Gasteiger partial charge in [0.1, 0.15) is 0 Å². The Labute approximate surface area is 182 Å². The molecule has 8 nitrogen and oxygen atoms in total. The van der Waals surface area contributed by atoms with Gasteiger partial charge in [-0.15, -0.1) is 11.8 Å². The number of thioether (sulfide) groups is 1. The zero-order valence-electron chi connectivity index (χ0n) is 16.0. The van der Waals surface area contributed by atoms with Crippen molar-refractivity contribution in [2.45, 2.75) is 4.90 Å². The summed E-state index contributed by atoms with van der Waals surface area (Å²) < 4.78 is 37.3. The summed E-state index contributed by atoms with van der Waals surface area (Å²) in [6.07, 6.45) is 8.44. The lowest BCUT2D eigenvalue weighted by Gasteiger charge is -2.10. The first-order valence-corrected chi connectivity index (χ1v) is 11.5. The van der Waals surface area contributed by atoms with Crippen molar-refractivity contribution >= 4 is 45.3 Å². The maximum atomic E-state index is 14.3. The molecule has 0 aliphatic carbocycles. The van der Waals surface area contributed by atoms with E-state index in [-0.39, 0.29) is 16.7 Å². The number of pyridine rings is 1. The zero-order valence-corrected chi connectivity index (χ0v) is 17.6. The fraction of sp³-hybridized carbons (Fsp3) is 0.0500. The third-order valence-corrected chi connectivity index (χ3v) is 6.07. The van der Waals surface area contributed by atoms with Crippen LogP contribution in [0.15, 0.2) is 76.6 Å². The Kier molecular flexibility index (Phi) is 5.98. The molecule has 0 amide bonds. The molecule has 0 unspecified atom stereocenters. The first-order valence-electron chi connectivity index (χ1n) is 9.01. The third-order valence-electron chi connectivity index (χ3n) is 4.15. The smallest absolute Gasteiger partial charge is 0.238 e. The molecule has 0 bridgehead atoms. The second kappa shape index (κ2) is 8.84. The number of allylic oxidation sites excluding steroid dienone is 1. The summed E-state index contributed by atoms with van der Waals surface area (Å²) in [6, 6.07) is 9.69. The second-order valence-electron chi connectivity index (χ2n) is 6.52. The van der Waals surface area contributed by atoms with Crippen LogP contribution in [-0.4, -0.2) is 29.1 Å². The van der Waals surface area contributed by atoms with Gasteiger partial charge in [0, 0.05) is 23.8 Å². The largest absolute Gasteiger partial charge is 0.332 e. The highest BCUT2D eigenvalue weighted by Crippen LogP contribution is 2.31. The number of nitrogens with two attached hydrogens (primary N) is 1. The van der Waals surface area contributed by atoms with E-state index in [1.165, 1.54) is 30.0 Å². The molecule has 0 radical (unpaired) electrons. The van der Waals surface area contributed by atoms with E-state index < -0.39 is 15.8 Å². The first-order chi connectivity index (χ1) is 14.9. The highest BCUT2D eigenvalue weighted by Gasteiger charge is 2.15. The highest BCUT2D eigenvalue weighted by molar-refractivity contribution is 8.03. The van der Waals surface area contributed by atoms with Crippen LogP contribution in [0, 0.1) is 5.82 Å². The van der Waals surface area contributed by atoms with Gasteiger partial charge in [-0.2, -0.15) is 4.98 Å². The average molecular weight is 457 g/mol. The quantitative estimate of drug-likeness (QED) is 0.515. The van der Waals surface area contributed by atoms with E-state index >= 15 is 0 Å². The van der Waals surface area contributed by atoms with Crippen LogP contribution in [0.4, 0.5) is 21.8 Å². The predicted molar refractivity (Wildman–Crippen MR) is 119 cm³/mol. The van der Waals surface area contributed by atoms with Crippen LogP contribution in [-0.2, 0) is 10.0 Å². The minimum absolute atomic E-state index is 0.00137. The molecule has 0 atom stereocenters. The molecule has 31 heavy (non-hydrogen) atoms. The van der Waals surface area contributed by atoms with Gasteiger partial charge >= 0.3 is 0 Å². The van der Waals surface area contributed by atoms with Gasteiger partial charge in [0.25, 0.3) is 0 Å². The van der Waals surface area contributed by atoms with Crippen molar-refractivity contribution in [2.75, 3.05) is 16.4 Å². The monoisotopic (exact) mass is 456 g/mol. The van der Waals surface area contributed by atoms with Crippen LogP contribution in [0.5, 0.6) is 0 Å². The molecule has 2 aromatic heterocycles. The Morgan fingerprint density at radius 1 is 1.16 bits per heavy atom. The van der Waals surface area contributed by atoms with Gasteiger partial charge in [0.15, 0.2) is 11.6 Å². The van der Waals surface area contributed by atoms with E-state index in [0.29, 0.717) is 5.69 Å². The molecule has 0 saturated heterocycles. The van der Waals surface area contributed by atoms with Crippen molar-refractivity contribution in [1.82, 2.24) is 15.0 Å². The van der Waals surface area contributed by atoms with Gasteiger partial charge in [-0.1, -0.05) is 12.1 Å². The van der Waals surface area contributed by atoms with Crippen molar-refractivity contribution in [2.24, 2.45) is 5.14 Å². The van der Waals surface area contributed by atoms with Crippen LogP contribution in [0.1, 0.15) is 5.56 Å². The average Bonchev–Trinajstić information content (AvgIpc) is 3.17. The lowest BCUT2D eigenvalue weighted by molar-refractivity contribution is 0.598. The van der Waals surface area contributed by atoms with Gasteiger partial charge in [-0.05, 0) is 47.6 Å². The van der Waals surface area contributed by atoms with Gasteiger partial charge in [0.2, 0.25) is 16.0 Å². The topological polar surface area (TPSA) is 123 Å². The lowest BCUT2D eigenvalue weighted by atomic mass is 10.2. The fourth-order valence-electron chi connectivity index (χ4n) is 2.76.